The number of ketones is 1. The largest absolute Gasteiger partial charge is 0.497 e. The van der Waals surface area contributed by atoms with Gasteiger partial charge in [0, 0.05) is 37.1 Å². The van der Waals surface area contributed by atoms with E-state index in [-0.39, 0.29) is 30.3 Å². The number of carbonyl (C=O) groups excluding carboxylic acids is 2. The van der Waals surface area contributed by atoms with Gasteiger partial charge in [0.25, 0.3) is 11.4 Å². The molecule has 9 heteroatoms. The van der Waals surface area contributed by atoms with Crippen LogP contribution in [0.4, 0.5) is 11.4 Å². The summed E-state index contributed by atoms with van der Waals surface area (Å²) in [5.74, 6) is -0.818. The molecule has 32 heavy (non-hydrogen) atoms. The predicted octanol–water partition coefficient (Wildman–Crippen LogP) is 3.95. The molecule has 0 fully saturated rings. The summed E-state index contributed by atoms with van der Waals surface area (Å²) in [5, 5.41) is 14.1. The average Bonchev–Trinajstić information content (AvgIpc) is 2.79. The minimum atomic E-state index is -1.67. The highest BCUT2D eigenvalue weighted by atomic mass is 16.6. The van der Waals surface area contributed by atoms with Crippen LogP contribution in [-0.4, -0.2) is 36.1 Å². The third-order valence-corrected chi connectivity index (χ3v) is 5.06. The molecule has 0 amide bonds. The van der Waals surface area contributed by atoms with E-state index in [0.29, 0.717) is 17.0 Å². The molecule has 168 valence electrons. The highest BCUT2D eigenvalue weighted by Gasteiger charge is 2.48. The molecule has 1 aliphatic heterocycles. The van der Waals surface area contributed by atoms with Gasteiger partial charge < -0.3 is 19.5 Å². The third kappa shape index (κ3) is 4.88. The lowest BCUT2D eigenvalue weighted by molar-refractivity contribution is -0.384. The lowest BCUT2D eigenvalue weighted by atomic mass is 9.86. The Morgan fingerprint density at radius 1 is 1.19 bits per heavy atom. The summed E-state index contributed by atoms with van der Waals surface area (Å²) < 4.78 is 16.4. The van der Waals surface area contributed by atoms with Crippen molar-refractivity contribution in [1.82, 2.24) is 0 Å². The molecule has 0 saturated carbocycles. The lowest BCUT2D eigenvalue weighted by Gasteiger charge is -2.39. The summed E-state index contributed by atoms with van der Waals surface area (Å²) in [4.78, 5) is 35.8. The molecule has 1 aliphatic rings. The molecular formula is C23H24N2O7. The highest BCUT2D eigenvalue weighted by Crippen LogP contribution is 2.39. The number of allylic oxidation sites excluding steroid dienone is 2. The van der Waals surface area contributed by atoms with Gasteiger partial charge in [-0.2, -0.15) is 0 Å². The topological polar surface area (TPSA) is 117 Å². The van der Waals surface area contributed by atoms with Crippen molar-refractivity contribution < 1.29 is 28.7 Å². The van der Waals surface area contributed by atoms with Gasteiger partial charge in [-0.3, -0.25) is 14.9 Å². The summed E-state index contributed by atoms with van der Waals surface area (Å²) in [5.41, 5.74) is -0.467. The number of rotatable bonds is 8. The molecule has 2 aromatic rings. The fraction of sp³-hybridized carbons (Fsp3) is 0.304. The summed E-state index contributed by atoms with van der Waals surface area (Å²) in [6, 6.07) is 12.9. The zero-order chi connectivity index (χ0) is 23.3. The smallest absolute Gasteiger partial charge is 0.372 e. The number of hydrogen-bond donors (Lipinski definition) is 1. The SMILES string of the molecule is CCOC(=O)C1(Nc2ccc(OC)cc2)CC(c2ccc([N+](=O)[O-])cc2)C=C(C(C)=O)O1. The Labute approximate surface area is 185 Å². The minimum absolute atomic E-state index is 0.00803. The zero-order valence-electron chi connectivity index (χ0n) is 18.0. The van der Waals surface area contributed by atoms with Crippen LogP contribution in [0.2, 0.25) is 0 Å². The number of nitrogens with zero attached hydrogens (tertiary/aromatic N) is 1. The van der Waals surface area contributed by atoms with Gasteiger partial charge in [0.2, 0.25) is 0 Å². The number of non-ortho nitro benzene ring substituents is 1. The summed E-state index contributed by atoms with van der Waals surface area (Å²) in [6.07, 6.45) is 1.73. The van der Waals surface area contributed by atoms with Crippen molar-refractivity contribution >= 4 is 23.1 Å². The number of benzene rings is 2. The fourth-order valence-corrected chi connectivity index (χ4v) is 3.47. The molecule has 9 nitrogen and oxygen atoms in total. The summed E-state index contributed by atoms with van der Waals surface area (Å²) in [7, 11) is 1.55. The van der Waals surface area contributed by atoms with Crippen molar-refractivity contribution in [3.05, 3.63) is 76.0 Å². The first-order valence-corrected chi connectivity index (χ1v) is 10.0. The van der Waals surface area contributed by atoms with Gasteiger partial charge in [-0.1, -0.05) is 12.1 Å². The first-order chi connectivity index (χ1) is 15.3. The maximum Gasteiger partial charge on any atom is 0.372 e. The van der Waals surface area contributed by atoms with Gasteiger partial charge in [0.15, 0.2) is 11.5 Å². The Morgan fingerprint density at radius 3 is 2.38 bits per heavy atom. The summed E-state index contributed by atoms with van der Waals surface area (Å²) >= 11 is 0. The van der Waals surface area contributed by atoms with E-state index in [1.807, 2.05) is 0 Å². The normalized spacial score (nSPS) is 19.8. The van der Waals surface area contributed by atoms with E-state index >= 15 is 0 Å². The van der Waals surface area contributed by atoms with Crippen molar-refractivity contribution in [3.8, 4) is 5.75 Å². The molecule has 1 heterocycles. The zero-order valence-corrected chi connectivity index (χ0v) is 18.0. The van der Waals surface area contributed by atoms with Crippen LogP contribution in [0.5, 0.6) is 5.75 Å². The second-order valence-corrected chi connectivity index (χ2v) is 7.25. The molecule has 0 radical (unpaired) electrons. The van der Waals surface area contributed by atoms with Crippen LogP contribution in [0.3, 0.4) is 0 Å². The Kier molecular flexibility index (Phi) is 6.77. The van der Waals surface area contributed by atoms with E-state index in [1.165, 1.54) is 19.1 Å². The quantitative estimate of drug-likeness (QED) is 0.372. The minimum Gasteiger partial charge on any atom is -0.497 e. The molecule has 1 N–H and O–H groups in total. The molecule has 0 spiro atoms. The van der Waals surface area contributed by atoms with E-state index in [9.17, 15) is 19.7 Å². The number of hydrogen-bond acceptors (Lipinski definition) is 8. The fourth-order valence-electron chi connectivity index (χ4n) is 3.47. The van der Waals surface area contributed by atoms with Crippen molar-refractivity contribution in [2.24, 2.45) is 0 Å². The van der Waals surface area contributed by atoms with Crippen molar-refractivity contribution in [2.45, 2.75) is 31.9 Å². The van der Waals surface area contributed by atoms with Gasteiger partial charge in [-0.15, -0.1) is 0 Å². The number of ether oxygens (including phenoxy) is 3. The summed E-state index contributed by atoms with van der Waals surface area (Å²) in [6.45, 7) is 3.14. The van der Waals surface area contributed by atoms with E-state index in [4.69, 9.17) is 14.2 Å². The molecule has 2 aromatic carbocycles. The average molecular weight is 440 g/mol. The maximum absolute atomic E-state index is 13.1. The lowest BCUT2D eigenvalue weighted by Crippen LogP contribution is -2.52. The number of Topliss-reactive ketones (excluding diaryl/α,β-unsaturated/α-hetero) is 1. The first kappa shape index (κ1) is 22.8. The van der Waals surface area contributed by atoms with Crippen LogP contribution >= 0.6 is 0 Å². The predicted molar refractivity (Wildman–Crippen MR) is 116 cm³/mol. The van der Waals surface area contributed by atoms with Crippen molar-refractivity contribution in [2.75, 3.05) is 19.0 Å². The molecule has 0 bridgehead atoms. The number of nitro groups is 1. The Bertz CT molecular complexity index is 1030. The van der Waals surface area contributed by atoms with Crippen LogP contribution in [0, 0.1) is 10.1 Å². The number of carbonyl (C=O) groups is 2. The Hall–Kier alpha value is -3.88. The van der Waals surface area contributed by atoms with Gasteiger partial charge in [-0.05, 0) is 42.8 Å². The molecule has 3 rings (SSSR count). The Morgan fingerprint density at radius 2 is 1.84 bits per heavy atom. The van der Waals surface area contributed by atoms with E-state index < -0.39 is 22.5 Å². The van der Waals surface area contributed by atoms with Crippen molar-refractivity contribution in [1.29, 1.82) is 0 Å². The second kappa shape index (κ2) is 9.51. The van der Waals surface area contributed by atoms with Gasteiger partial charge in [0.05, 0.1) is 18.6 Å². The molecule has 2 unspecified atom stereocenters. The van der Waals surface area contributed by atoms with Crippen LogP contribution in [0.1, 0.15) is 31.7 Å². The second-order valence-electron chi connectivity index (χ2n) is 7.25. The maximum atomic E-state index is 13.1. The van der Waals surface area contributed by atoms with Crippen LogP contribution in [-0.2, 0) is 19.1 Å². The van der Waals surface area contributed by atoms with Gasteiger partial charge >= 0.3 is 5.97 Å². The van der Waals surface area contributed by atoms with E-state index in [0.717, 1.165) is 0 Å². The highest BCUT2D eigenvalue weighted by molar-refractivity contribution is 5.93. The van der Waals surface area contributed by atoms with Crippen molar-refractivity contribution in [3.63, 3.8) is 0 Å². The number of methoxy groups -OCH3 is 1. The first-order valence-electron chi connectivity index (χ1n) is 10.0. The molecule has 0 aliphatic carbocycles. The molecule has 0 saturated heterocycles. The number of nitro benzene ring substituents is 1. The molecule has 0 aromatic heterocycles. The molecular weight excluding hydrogens is 416 g/mol. The van der Waals surface area contributed by atoms with Gasteiger partial charge in [-0.25, -0.2) is 4.79 Å². The monoisotopic (exact) mass is 440 g/mol. The molecule has 2 atom stereocenters. The van der Waals surface area contributed by atoms with Gasteiger partial charge in [0.1, 0.15) is 5.75 Å². The van der Waals surface area contributed by atoms with E-state index in [2.05, 4.69) is 5.32 Å². The van der Waals surface area contributed by atoms with Crippen LogP contribution in [0.25, 0.3) is 0 Å². The standard InChI is InChI=1S/C23H24N2O7/c1-4-31-22(27)23(24-18-7-11-20(30-3)12-8-18)14-17(13-21(32-23)15(2)26)16-5-9-19(10-6-16)25(28)29/h5-13,17,24H,4,14H2,1-3H3. The third-order valence-electron chi connectivity index (χ3n) is 5.06. The van der Waals surface area contributed by atoms with E-state index in [1.54, 1.807) is 56.5 Å². The van der Waals surface area contributed by atoms with Crippen LogP contribution in [0.15, 0.2) is 60.4 Å². The number of esters is 1. The Balaban J connectivity index is 2.02. The number of anilines is 1. The van der Waals surface area contributed by atoms with Crippen LogP contribution < -0.4 is 10.1 Å². The number of nitrogens with one attached hydrogen (secondary N) is 1.